The van der Waals surface area contributed by atoms with Crippen LogP contribution in [0.5, 0.6) is 11.5 Å². The van der Waals surface area contributed by atoms with E-state index < -0.39 is 17.7 Å². The van der Waals surface area contributed by atoms with Gasteiger partial charge >= 0.3 is 0 Å². The first kappa shape index (κ1) is 28.0. The van der Waals surface area contributed by atoms with Crippen LogP contribution >= 0.6 is 0 Å². The molecule has 0 spiro atoms. The molecule has 0 radical (unpaired) electrons. The third kappa shape index (κ3) is 5.70. The smallest absolute Gasteiger partial charge is 0.300 e. The average molecular weight is 528 g/mol. The second-order valence-corrected chi connectivity index (χ2v) is 11.4. The topological polar surface area (TPSA) is 76.1 Å². The molecule has 1 atom stereocenters. The third-order valence-electron chi connectivity index (χ3n) is 6.93. The van der Waals surface area contributed by atoms with Crippen LogP contribution in [0.25, 0.3) is 5.76 Å². The molecular weight excluding hydrogens is 490 g/mol. The van der Waals surface area contributed by atoms with Crippen molar-refractivity contribution in [3.8, 4) is 11.5 Å². The lowest BCUT2D eigenvalue weighted by Gasteiger charge is -2.26. The quantitative estimate of drug-likeness (QED) is 0.204. The number of amides is 1. The van der Waals surface area contributed by atoms with Crippen molar-refractivity contribution < 1.29 is 24.2 Å². The molecule has 0 aliphatic carbocycles. The summed E-state index contributed by atoms with van der Waals surface area (Å²) in [5, 5.41) is 11.7. The molecule has 3 aromatic rings. The van der Waals surface area contributed by atoms with Gasteiger partial charge < -0.3 is 14.6 Å². The second-order valence-electron chi connectivity index (χ2n) is 11.4. The Balaban J connectivity index is 1.88. The summed E-state index contributed by atoms with van der Waals surface area (Å²) in [5.74, 6) is 0.0950. The lowest BCUT2D eigenvalue weighted by atomic mass is 9.84. The van der Waals surface area contributed by atoms with Crippen LogP contribution in [-0.4, -0.2) is 30.5 Å². The fraction of sp³-hybridized carbons (Fsp3) is 0.333. The third-order valence-corrected chi connectivity index (χ3v) is 6.93. The summed E-state index contributed by atoms with van der Waals surface area (Å²) >= 11 is 0. The minimum Gasteiger partial charge on any atom is -0.507 e. The van der Waals surface area contributed by atoms with E-state index in [0.717, 1.165) is 11.1 Å². The maximum absolute atomic E-state index is 13.6. The van der Waals surface area contributed by atoms with Crippen LogP contribution in [0, 0.1) is 12.8 Å². The number of anilines is 1. The lowest BCUT2D eigenvalue weighted by Crippen LogP contribution is -2.29. The number of ketones is 1. The second kappa shape index (κ2) is 11.0. The molecule has 1 N–H and O–H groups in total. The average Bonchev–Trinajstić information content (AvgIpc) is 3.17. The number of hydrogen-bond acceptors (Lipinski definition) is 5. The van der Waals surface area contributed by atoms with E-state index in [2.05, 4.69) is 34.6 Å². The standard InChI is InChI=1S/C33H37NO5/c1-20(2)19-39-26-16-12-24(13-17-26)34-29(22-9-14-25(38-7)15-10-22)28(31(36)32(34)37)30(35)27-18-23(33(4,5)6)11-8-21(27)3/h8-18,20,29,35H,19H2,1-7H3/b30-28+. The van der Waals surface area contributed by atoms with Crippen molar-refractivity contribution in [2.75, 3.05) is 18.6 Å². The monoisotopic (exact) mass is 527 g/mol. The Bertz CT molecular complexity index is 1400. The van der Waals surface area contributed by atoms with E-state index >= 15 is 0 Å². The Morgan fingerprint density at radius 2 is 1.56 bits per heavy atom. The number of carbonyl (C=O) groups excluding carboxylic acids is 2. The van der Waals surface area contributed by atoms with Crippen molar-refractivity contribution in [2.45, 2.75) is 53.0 Å². The molecule has 1 heterocycles. The highest BCUT2D eigenvalue weighted by Crippen LogP contribution is 2.43. The van der Waals surface area contributed by atoms with E-state index in [-0.39, 0.29) is 16.7 Å². The zero-order valence-corrected chi connectivity index (χ0v) is 23.7. The fourth-order valence-electron chi connectivity index (χ4n) is 4.66. The summed E-state index contributed by atoms with van der Waals surface area (Å²) in [5.41, 5.74) is 3.48. The van der Waals surface area contributed by atoms with Crippen molar-refractivity contribution >= 4 is 23.1 Å². The minimum absolute atomic E-state index is 0.0551. The maximum atomic E-state index is 13.6. The molecule has 1 unspecified atom stereocenters. The minimum atomic E-state index is -0.823. The summed E-state index contributed by atoms with van der Waals surface area (Å²) in [4.78, 5) is 28.6. The molecular formula is C33H37NO5. The molecule has 4 rings (SSSR count). The summed E-state index contributed by atoms with van der Waals surface area (Å²) in [6, 6.07) is 19.3. The van der Waals surface area contributed by atoms with Crippen LogP contribution < -0.4 is 14.4 Å². The SMILES string of the molecule is COc1ccc(C2/C(=C(\O)c3cc(C(C)(C)C)ccc3C)C(=O)C(=O)N2c2ccc(OCC(C)C)cc2)cc1. The van der Waals surface area contributed by atoms with Gasteiger partial charge in [-0.05, 0) is 77.4 Å². The van der Waals surface area contributed by atoms with Crippen molar-refractivity contribution in [3.63, 3.8) is 0 Å². The van der Waals surface area contributed by atoms with Gasteiger partial charge in [0, 0.05) is 11.3 Å². The number of aryl methyl sites for hydroxylation is 1. The van der Waals surface area contributed by atoms with Gasteiger partial charge in [0.15, 0.2) is 0 Å². The number of ether oxygens (including phenoxy) is 2. The molecule has 6 heteroatoms. The normalized spacial score (nSPS) is 17.1. The van der Waals surface area contributed by atoms with Crippen LogP contribution in [0.3, 0.4) is 0 Å². The highest BCUT2D eigenvalue weighted by atomic mass is 16.5. The Morgan fingerprint density at radius 1 is 0.949 bits per heavy atom. The summed E-state index contributed by atoms with van der Waals surface area (Å²) < 4.78 is 11.1. The van der Waals surface area contributed by atoms with Crippen LogP contribution in [0.4, 0.5) is 5.69 Å². The molecule has 0 bridgehead atoms. The largest absolute Gasteiger partial charge is 0.507 e. The highest BCUT2D eigenvalue weighted by molar-refractivity contribution is 6.51. The van der Waals surface area contributed by atoms with Crippen LogP contribution in [0.1, 0.15) is 62.9 Å². The van der Waals surface area contributed by atoms with Crippen LogP contribution in [0.15, 0.2) is 72.3 Å². The first-order chi connectivity index (χ1) is 18.4. The molecule has 39 heavy (non-hydrogen) atoms. The van der Waals surface area contributed by atoms with E-state index in [0.29, 0.717) is 40.8 Å². The number of hydrogen-bond donors (Lipinski definition) is 1. The predicted octanol–water partition coefficient (Wildman–Crippen LogP) is 6.96. The Labute approximate surface area is 230 Å². The van der Waals surface area contributed by atoms with Gasteiger partial charge in [-0.2, -0.15) is 0 Å². The van der Waals surface area contributed by atoms with Gasteiger partial charge in [0.05, 0.1) is 25.3 Å². The fourth-order valence-corrected chi connectivity index (χ4v) is 4.66. The highest BCUT2D eigenvalue weighted by Gasteiger charge is 2.47. The number of methoxy groups -OCH3 is 1. The summed E-state index contributed by atoms with van der Waals surface area (Å²) in [6.45, 7) is 12.9. The Hall–Kier alpha value is -4.06. The van der Waals surface area contributed by atoms with Gasteiger partial charge in [0.1, 0.15) is 17.3 Å². The molecule has 1 aliphatic heterocycles. The number of aliphatic hydroxyl groups excluding tert-OH is 1. The molecule has 0 aromatic heterocycles. The van der Waals surface area contributed by atoms with Crippen molar-refractivity contribution in [1.82, 2.24) is 0 Å². The first-order valence-corrected chi connectivity index (χ1v) is 13.2. The first-order valence-electron chi connectivity index (χ1n) is 13.2. The summed E-state index contributed by atoms with van der Waals surface area (Å²) in [7, 11) is 1.58. The Kier molecular flexibility index (Phi) is 7.86. The van der Waals surface area contributed by atoms with E-state index in [1.54, 1.807) is 43.5 Å². The zero-order valence-electron chi connectivity index (χ0n) is 23.7. The number of Topliss-reactive ketones (excluding diaryl/α,β-unsaturated/α-hetero) is 1. The summed E-state index contributed by atoms with van der Waals surface area (Å²) in [6.07, 6.45) is 0. The van der Waals surface area contributed by atoms with E-state index in [1.165, 1.54) is 4.90 Å². The van der Waals surface area contributed by atoms with Gasteiger partial charge in [-0.3, -0.25) is 14.5 Å². The number of nitrogens with zero attached hydrogens (tertiary/aromatic N) is 1. The molecule has 1 aliphatic rings. The molecule has 1 saturated heterocycles. The van der Waals surface area contributed by atoms with Gasteiger partial charge in [-0.25, -0.2) is 0 Å². The van der Waals surface area contributed by atoms with Crippen molar-refractivity contribution in [1.29, 1.82) is 0 Å². The van der Waals surface area contributed by atoms with Crippen LogP contribution in [0.2, 0.25) is 0 Å². The van der Waals surface area contributed by atoms with Crippen LogP contribution in [-0.2, 0) is 15.0 Å². The number of carbonyl (C=O) groups is 2. The van der Waals surface area contributed by atoms with E-state index in [1.807, 2.05) is 37.3 Å². The number of benzene rings is 3. The molecule has 204 valence electrons. The van der Waals surface area contributed by atoms with Gasteiger partial charge in [0.2, 0.25) is 0 Å². The molecule has 1 fully saturated rings. The van der Waals surface area contributed by atoms with E-state index in [4.69, 9.17) is 9.47 Å². The van der Waals surface area contributed by atoms with Gasteiger partial charge in [-0.15, -0.1) is 0 Å². The van der Waals surface area contributed by atoms with E-state index in [9.17, 15) is 14.7 Å². The van der Waals surface area contributed by atoms with Gasteiger partial charge in [-0.1, -0.05) is 58.9 Å². The lowest BCUT2D eigenvalue weighted by molar-refractivity contribution is -0.132. The number of aliphatic hydroxyl groups is 1. The van der Waals surface area contributed by atoms with Crippen molar-refractivity contribution in [3.05, 3.63) is 94.6 Å². The Morgan fingerprint density at radius 3 is 2.13 bits per heavy atom. The predicted molar refractivity (Wildman–Crippen MR) is 154 cm³/mol. The van der Waals surface area contributed by atoms with Crippen molar-refractivity contribution in [2.24, 2.45) is 5.92 Å². The molecule has 3 aromatic carbocycles. The molecule has 6 nitrogen and oxygen atoms in total. The molecule has 0 saturated carbocycles. The molecule has 1 amide bonds. The zero-order chi connectivity index (χ0) is 28.5. The van der Waals surface area contributed by atoms with Gasteiger partial charge in [0.25, 0.3) is 11.7 Å². The maximum Gasteiger partial charge on any atom is 0.300 e. The number of rotatable bonds is 7.